The number of nitrogens with one attached hydrogen (secondary N) is 1. The summed E-state index contributed by atoms with van der Waals surface area (Å²) in [5, 5.41) is 0.883. The van der Waals surface area contributed by atoms with Crippen molar-refractivity contribution >= 4 is 15.9 Å². The van der Waals surface area contributed by atoms with Crippen LogP contribution in [0.2, 0.25) is 0 Å². The molecule has 0 aliphatic carbocycles. The second kappa shape index (κ2) is 7.67. The molecule has 1 aromatic carbocycles. The number of amides is 1. The van der Waals surface area contributed by atoms with E-state index in [1.807, 2.05) is 0 Å². The molecule has 1 amide bonds. The Kier molecular flexibility index (Phi) is 5.84. The van der Waals surface area contributed by atoms with E-state index < -0.39 is 10.0 Å². The first-order valence-corrected chi connectivity index (χ1v) is 9.08. The Morgan fingerprint density at radius 3 is 2.71 bits per heavy atom. The summed E-state index contributed by atoms with van der Waals surface area (Å²) < 4.78 is 35.6. The summed E-state index contributed by atoms with van der Waals surface area (Å²) in [4.78, 5) is 14.3. The van der Waals surface area contributed by atoms with Gasteiger partial charge in [-0.2, -0.15) is 0 Å². The highest BCUT2D eigenvalue weighted by Crippen LogP contribution is 2.29. The fourth-order valence-electron chi connectivity index (χ4n) is 2.63. The van der Waals surface area contributed by atoms with Gasteiger partial charge in [0.25, 0.3) is 5.91 Å². The summed E-state index contributed by atoms with van der Waals surface area (Å²) >= 11 is 0. The van der Waals surface area contributed by atoms with E-state index in [9.17, 15) is 13.2 Å². The van der Waals surface area contributed by atoms with Gasteiger partial charge in [0.05, 0.1) is 14.2 Å². The molecule has 1 aliphatic rings. The summed E-state index contributed by atoms with van der Waals surface area (Å²) in [6, 6.07) is 5.03. The first-order chi connectivity index (χ1) is 11.4. The fourth-order valence-corrected chi connectivity index (χ4v) is 3.21. The van der Waals surface area contributed by atoms with E-state index in [1.54, 1.807) is 23.1 Å². The maximum Gasteiger partial charge on any atom is 0.254 e. The van der Waals surface area contributed by atoms with Crippen molar-refractivity contribution in [1.29, 1.82) is 0 Å². The number of hydrogen-bond donors (Lipinski definition) is 1. The monoisotopic (exact) mass is 354 g/mol. The molecule has 1 aromatic rings. The van der Waals surface area contributed by atoms with E-state index in [1.165, 1.54) is 14.2 Å². The molecular formula is C16H22N2O5S. The van der Waals surface area contributed by atoms with Gasteiger partial charge in [-0.1, -0.05) is 6.58 Å². The minimum Gasteiger partial charge on any atom is -0.493 e. The lowest BCUT2D eigenvalue weighted by Gasteiger charge is -2.17. The van der Waals surface area contributed by atoms with E-state index in [0.717, 1.165) is 11.8 Å². The predicted molar refractivity (Wildman–Crippen MR) is 90.7 cm³/mol. The molecule has 0 aromatic heterocycles. The number of carbonyl (C=O) groups excluding carboxylic acids is 1. The number of nitrogens with zero attached hydrogens (tertiary/aromatic N) is 1. The van der Waals surface area contributed by atoms with E-state index in [0.29, 0.717) is 36.7 Å². The van der Waals surface area contributed by atoms with Crippen LogP contribution in [-0.4, -0.2) is 53.1 Å². The zero-order valence-corrected chi connectivity index (χ0v) is 14.6. The zero-order chi connectivity index (χ0) is 17.7. The molecule has 24 heavy (non-hydrogen) atoms. The van der Waals surface area contributed by atoms with Crippen molar-refractivity contribution in [2.75, 3.05) is 33.9 Å². The highest BCUT2D eigenvalue weighted by molar-refractivity contribution is 7.92. The van der Waals surface area contributed by atoms with E-state index in [4.69, 9.17) is 9.47 Å². The Morgan fingerprint density at radius 2 is 2.08 bits per heavy atom. The maximum atomic E-state index is 12.6. The predicted octanol–water partition coefficient (Wildman–Crippen LogP) is 1.23. The second-order valence-electron chi connectivity index (χ2n) is 5.54. The van der Waals surface area contributed by atoms with Gasteiger partial charge in [0, 0.05) is 30.6 Å². The van der Waals surface area contributed by atoms with Crippen LogP contribution >= 0.6 is 0 Å². The molecule has 2 rings (SSSR count). The number of ether oxygens (including phenoxy) is 2. The molecule has 0 saturated carbocycles. The third-order valence-corrected chi connectivity index (χ3v) is 5.00. The van der Waals surface area contributed by atoms with Crippen molar-refractivity contribution in [2.45, 2.75) is 6.42 Å². The van der Waals surface area contributed by atoms with Crippen LogP contribution in [0.5, 0.6) is 11.5 Å². The molecule has 7 nitrogen and oxygen atoms in total. The lowest BCUT2D eigenvalue weighted by molar-refractivity contribution is 0.0787. The van der Waals surface area contributed by atoms with Crippen LogP contribution in [-0.2, 0) is 10.0 Å². The average molecular weight is 354 g/mol. The molecule has 1 fully saturated rings. The zero-order valence-electron chi connectivity index (χ0n) is 13.8. The van der Waals surface area contributed by atoms with Gasteiger partial charge >= 0.3 is 0 Å². The first kappa shape index (κ1) is 18.3. The largest absolute Gasteiger partial charge is 0.493 e. The molecule has 1 saturated heterocycles. The van der Waals surface area contributed by atoms with Gasteiger partial charge in [-0.05, 0) is 30.5 Å². The van der Waals surface area contributed by atoms with Crippen molar-refractivity contribution in [2.24, 2.45) is 5.92 Å². The Labute approximate surface area is 142 Å². The highest BCUT2D eigenvalue weighted by Gasteiger charge is 2.28. The molecule has 1 aliphatic heterocycles. The van der Waals surface area contributed by atoms with E-state index >= 15 is 0 Å². The Bertz CT molecular complexity index is 717. The van der Waals surface area contributed by atoms with Gasteiger partial charge in [-0.3, -0.25) is 4.79 Å². The summed E-state index contributed by atoms with van der Waals surface area (Å²) in [6.07, 6.45) is 0.749. The van der Waals surface area contributed by atoms with Gasteiger partial charge in [-0.15, -0.1) is 0 Å². The van der Waals surface area contributed by atoms with Gasteiger partial charge < -0.3 is 14.4 Å². The molecule has 0 spiro atoms. The number of hydrogen-bond acceptors (Lipinski definition) is 5. The Hall–Kier alpha value is -2.06. The Morgan fingerprint density at radius 1 is 1.38 bits per heavy atom. The number of benzene rings is 1. The third kappa shape index (κ3) is 4.27. The molecule has 132 valence electrons. The topological polar surface area (TPSA) is 84.9 Å². The van der Waals surface area contributed by atoms with Crippen LogP contribution in [0.3, 0.4) is 0 Å². The third-order valence-electron chi connectivity index (χ3n) is 4.00. The van der Waals surface area contributed by atoms with Crippen molar-refractivity contribution in [3.8, 4) is 11.5 Å². The molecule has 1 atom stereocenters. The standard InChI is InChI=1S/C16H22N2O5S/c1-4-24(20,21)17-10-12-7-8-18(11-12)16(19)13-5-6-14(22-2)15(9-13)23-3/h4-6,9,12,17H,1,7-8,10-11H2,2-3H3. The first-order valence-electron chi connectivity index (χ1n) is 7.53. The summed E-state index contributed by atoms with van der Waals surface area (Å²) in [6.45, 7) is 4.65. The summed E-state index contributed by atoms with van der Waals surface area (Å²) in [5.74, 6) is 1.04. The number of methoxy groups -OCH3 is 2. The van der Waals surface area contributed by atoms with Gasteiger partial charge in [0.2, 0.25) is 10.0 Å². The molecule has 8 heteroatoms. The molecule has 0 bridgehead atoms. The van der Waals surface area contributed by atoms with Crippen LogP contribution in [0.15, 0.2) is 30.2 Å². The lowest BCUT2D eigenvalue weighted by Crippen LogP contribution is -2.32. The molecule has 1 unspecified atom stereocenters. The normalized spacial score (nSPS) is 17.6. The molecule has 1 heterocycles. The Balaban J connectivity index is 2.00. The van der Waals surface area contributed by atoms with Gasteiger partial charge in [-0.25, -0.2) is 13.1 Å². The van der Waals surface area contributed by atoms with Crippen molar-refractivity contribution < 1.29 is 22.7 Å². The van der Waals surface area contributed by atoms with Crippen LogP contribution in [0.1, 0.15) is 16.8 Å². The number of likely N-dealkylation sites (tertiary alicyclic amines) is 1. The van der Waals surface area contributed by atoms with Crippen LogP contribution in [0.25, 0.3) is 0 Å². The fraction of sp³-hybridized carbons (Fsp3) is 0.438. The minimum absolute atomic E-state index is 0.0869. The van der Waals surface area contributed by atoms with Crippen molar-refractivity contribution in [3.63, 3.8) is 0 Å². The average Bonchev–Trinajstić information content (AvgIpc) is 3.07. The van der Waals surface area contributed by atoms with E-state index in [2.05, 4.69) is 11.3 Å². The highest BCUT2D eigenvalue weighted by atomic mass is 32.2. The molecule has 1 N–H and O–H groups in total. The number of sulfonamides is 1. The lowest BCUT2D eigenvalue weighted by atomic mass is 10.1. The SMILES string of the molecule is C=CS(=O)(=O)NCC1CCN(C(=O)c2ccc(OC)c(OC)c2)C1. The molecular weight excluding hydrogens is 332 g/mol. The second-order valence-corrected chi connectivity index (χ2v) is 7.25. The van der Waals surface area contributed by atoms with Crippen LogP contribution in [0, 0.1) is 5.92 Å². The minimum atomic E-state index is -3.43. The van der Waals surface area contributed by atoms with Crippen LogP contribution in [0.4, 0.5) is 0 Å². The number of rotatable bonds is 7. The van der Waals surface area contributed by atoms with Crippen LogP contribution < -0.4 is 14.2 Å². The number of carbonyl (C=O) groups is 1. The maximum absolute atomic E-state index is 12.6. The quantitative estimate of drug-likeness (QED) is 0.796. The summed E-state index contributed by atoms with van der Waals surface area (Å²) in [7, 11) is -0.380. The summed E-state index contributed by atoms with van der Waals surface area (Å²) in [5.41, 5.74) is 0.514. The smallest absolute Gasteiger partial charge is 0.254 e. The van der Waals surface area contributed by atoms with E-state index in [-0.39, 0.29) is 11.8 Å². The van der Waals surface area contributed by atoms with Gasteiger partial charge in [0.1, 0.15) is 0 Å². The van der Waals surface area contributed by atoms with Crippen molar-refractivity contribution in [1.82, 2.24) is 9.62 Å². The molecule has 0 radical (unpaired) electrons. The van der Waals surface area contributed by atoms with Crippen molar-refractivity contribution in [3.05, 3.63) is 35.7 Å². The van der Waals surface area contributed by atoms with Gasteiger partial charge in [0.15, 0.2) is 11.5 Å².